The second kappa shape index (κ2) is 5.11. The lowest BCUT2D eigenvalue weighted by molar-refractivity contribution is -0.138. The molecule has 2 atom stereocenters. The van der Waals surface area contributed by atoms with E-state index < -0.39 is 5.97 Å². The van der Waals surface area contributed by atoms with Crippen LogP contribution in [0, 0.1) is 5.92 Å². The highest BCUT2D eigenvalue weighted by molar-refractivity contribution is 5.74. The second-order valence-electron chi connectivity index (χ2n) is 5.56. The number of carbonyl (C=O) groups is 1. The Morgan fingerprint density at radius 3 is 2.44 bits per heavy atom. The van der Waals surface area contributed by atoms with Crippen LogP contribution in [-0.4, -0.2) is 29.1 Å². The van der Waals surface area contributed by atoms with Gasteiger partial charge in [-0.25, -0.2) is 0 Å². The van der Waals surface area contributed by atoms with Gasteiger partial charge in [0.05, 0.1) is 5.92 Å². The summed E-state index contributed by atoms with van der Waals surface area (Å²) in [4.78, 5) is 13.0. The summed E-state index contributed by atoms with van der Waals surface area (Å²) in [7, 11) is 2.00. The van der Waals surface area contributed by atoms with E-state index in [4.69, 9.17) is 5.11 Å². The summed E-state index contributed by atoms with van der Waals surface area (Å²) in [5.74, 6) is -0.274. The number of carboxylic acid groups (broad SMARTS) is 1. The van der Waals surface area contributed by atoms with Gasteiger partial charge in [0.1, 0.15) is 0 Å². The fourth-order valence-electron chi connectivity index (χ4n) is 2.35. The molecule has 1 aliphatic rings. The van der Waals surface area contributed by atoms with E-state index in [-0.39, 0.29) is 12.0 Å². The standard InChI is InChI=1S/C15H21NO2/c1-10(2)12-6-4-11(5-7-12)9-16(3)14-8-13(14)15(17)18/h4-7,10,13-14H,8-9H2,1-3H3,(H,17,18). The quantitative estimate of drug-likeness (QED) is 0.869. The van der Waals surface area contributed by atoms with Crippen molar-refractivity contribution in [1.82, 2.24) is 4.90 Å². The van der Waals surface area contributed by atoms with Crippen molar-refractivity contribution in [3.8, 4) is 0 Å². The lowest BCUT2D eigenvalue weighted by atomic mass is 10.0. The number of carboxylic acids is 1. The van der Waals surface area contributed by atoms with Gasteiger partial charge in [0, 0.05) is 12.6 Å². The van der Waals surface area contributed by atoms with Gasteiger partial charge in [-0.3, -0.25) is 9.69 Å². The van der Waals surface area contributed by atoms with E-state index in [1.54, 1.807) is 0 Å². The molecule has 3 nitrogen and oxygen atoms in total. The smallest absolute Gasteiger partial charge is 0.308 e. The molecule has 0 amide bonds. The maximum atomic E-state index is 10.8. The van der Waals surface area contributed by atoms with Gasteiger partial charge in [-0.15, -0.1) is 0 Å². The fourth-order valence-corrected chi connectivity index (χ4v) is 2.35. The molecule has 3 heteroatoms. The van der Waals surface area contributed by atoms with Gasteiger partial charge in [-0.1, -0.05) is 38.1 Å². The van der Waals surface area contributed by atoms with Crippen molar-refractivity contribution in [2.24, 2.45) is 5.92 Å². The summed E-state index contributed by atoms with van der Waals surface area (Å²) in [6.45, 7) is 5.19. The van der Waals surface area contributed by atoms with Gasteiger partial charge in [-0.05, 0) is 30.5 Å². The Balaban J connectivity index is 1.92. The molecule has 1 saturated carbocycles. The van der Waals surface area contributed by atoms with Crippen molar-refractivity contribution in [2.45, 2.75) is 38.8 Å². The largest absolute Gasteiger partial charge is 0.481 e. The molecule has 98 valence electrons. The third-order valence-electron chi connectivity index (χ3n) is 3.72. The average Bonchev–Trinajstić information content (AvgIpc) is 3.09. The van der Waals surface area contributed by atoms with Crippen LogP contribution in [0.4, 0.5) is 0 Å². The van der Waals surface area contributed by atoms with E-state index in [1.165, 1.54) is 11.1 Å². The Hall–Kier alpha value is -1.35. The second-order valence-corrected chi connectivity index (χ2v) is 5.56. The van der Waals surface area contributed by atoms with E-state index in [9.17, 15) is 4.79 Å². The number of benzene rings is 1. The molecular weight excluding hydrogens is 226 g/mol. The summed E-state index contributed by atoms with van der Waals surface area (Å²) in [6, 6.07) is 8.82. The van der Waals surface area contributed by atoms with Crippen molar-refractivity contribution in [1.29, 1.82) is 0 Å². The molecule has 1 aromatic carbocycles. The normalized spacial score (nSPS) is 22.5. The molecule has 2 rings (SSSR count). The monoisotopic (exact) mass is 247 g/mol. The van der Waals surface area contributed by atoms with Gasteiger partial charge in [-0.2, -0.15) is 0 Å². The van der Waals surface area contributed by atoms with Crippen molar-refractivity contribution in [2.75, 3.05) is 7.05 Å². The molecule has 1 fully saturated rings. The first-order valence-corrected chi connectivity index (χ1v) is 6.51. The van der Waals surface area contributed by atoms with Crippen LogP contribution in [0.3, 0.4) is 0 Å². The fraction of sp³-hybridized carbons (Fsp3) is 0.533. The van der Waals surface area contributed by atoms with Crippen LogP contribution in [0.5, 0.6) is 0 Å². The minimum Gasteiger partial charge on any atom is -0.481 e. The third kappa shape index (κ3) is 2.91. The van der Waals surface area contributed by atoms with Crippen LogP contribution in [0.25, 0.3) is 0 Å². The van der Waals surface area contributed by atoms with E-state index >= 15 is 0 Å². The molecule has 0 heterocycles. The minimum atomic E-state index is -0.665. The molecule has 0 aliphatic heterocycles. The van der Waals surface area contributed by atoms with Gasteiger partial charge in [0.25, 0.3) is 0 Å². The summed E-state index contributed by atoms with van der Waals surface area (Å²) in [5.41, 5.74) is 2.59. The Labute approximate surface area is 108 Å². The summed E-state index contributed by atoms with van der Waals surface area (Å²) < 4.78 is 0. The first-order valence-electron chi connectivity index (χ1n) is 6.51. The zero-order valence-electron chi connectivity index (χ0n) is 11.3. The lowest BCUT2D eigenvalue weighted by Gasteiger charge is -2.16. The van der Waals surface area contributed by atoms with E-state index in [2.05, 4.69) is 43.0 Å². The first-order chi connectivity index (χ1) is 8.49. The molecule has 18 heavy (non-hydrogen) atoms. The topological polar surface area (TPSA) is 40.5 Å². The first kappa shape index (κ1) is 13.1. The number of hydrogen-bond donors (Lipinski definition) is 1. The predicted molar refractivity (Wildman–Crippen MR) is 71.5 cm³/mol. The Morgan fingerprint density at radius 1 is 1.39 bits per heavy atom. The number of nitrogens with zero attached hydrogens (tertiary/aromatic N) is 1. The van der Waals surface area contributed by atoms with E-state index in [1.807, 2.05) is 7.05 Å². The molecule has 1 aliphatic carbocycles. The van der Waals surface area contributed by atoms with Crippen LogP contribution in [0.1, 0.15) is 37.3 Å². The Bertz CT molecular complexity index is 425. The molecular formula is C15H21NO2. The van der Waals surface area contributed by atoms with Gasteiger partial charge < -0.3 is 5.11 Å². The third-order valence-corrected chi connectivity index (χ3v) is 3.72. The van der Waals surface area contributed by atoms with Gasteiger partial charge in [0.15, 0.2) is 0 Å². The maximum Gasteiger partial charge on any atom is 0.308 e. The van der Waals surface area contributed by atoms with Crippen LogP contribution in [0.2, 0.25) is 0 Å². The molecule has 0 radical (unpaired) electrons. The van der Waals surface area contributed by atoms with Crippen molar-refractivity contribution in [3.05, 3.63) is 35.4 Å². The molecule has 1 N–H and O–H groups in total. The number of hydrogen-bond acceptors (Lipinski definition) is 2. The average molecular weight is 247 g/mol. The summed E-state index contributed by atoms with van der Waals surface area (Å²) in [5, 5.41) is 8.91. The number of aliphatic carboxylic acids is 1. The highest BCUT2D eigenvalue weighted by Crippen LogP contribution is 2.35. The highest BCUT2D eigenvalue weighted by Gasteiger charge is 2.45. The molecule has 0 saturated heterocycles. The zero-order valence-corrected chi connectivity index (χ0v) is 11.3. The van der Waals surface area contributed by atoms with E-state index in [0.717, 1.165) is 13.0 Å². The molecule has 1 aromatic rings. The van der Waals surface area contributed by atoms with Crippen molar-refractivity contribution >= 4 is 5.97 Å². The predicted octanol–water partition coefficient (Wildman–Crippen LogP) is 2.71. The van der Waals surface area contributed by atoms with Crippen LogP contribution in [-0.2, 0) is 11.3 Å². The van der Waals surface area contributed by atoms with Crippen LogP contribution in [0.15, 0.2) is 24.3 Å². The number of rotatable bonds is 5. The van der Waals surface area contributed by atoms with Crippen molar-refractivity contribution < 1.29 is 9.90 Å². The van der Waals surface area contributed by atoms with Crippen LogP contribution < -0.4 is 0 Å². The zero-order chi connectivity index (χ0) is 13.3. The van der Waals surface area contributed by atoms with Gasteiger partial charge in [0.2, 0.25) is 0 Å². The lowest BCUT2D eigenvalue weighted by Crippen LogP contribution is -2.23. The molecule has 0 spiro atoms. The summed E-state index contributed by atoms with van der Waals surface area (Å²) in [6.07, 6.45) is 0.788. The molecule has 0 bridgehead atoms. The maximum absolute atomic E-state index is 10.8. The Morgan fingerprint density at radius 2 is 2.00 bits per heavy atom. The van der Waals surface area contributed by atoms with Gasteiger partial charge >= 0.3 is 5.97 Å². The SMILES string of the molecule is CC(C)c1ccc(CN(C)C2CC2C(=O)O)cc1. The van der Waals surface area contributed by atoms with E-state index in [0.29, 0.717) is 5.92 Å². The Kier molecular flexibility index (Phi) is 3.71. The highest BCUT2D eigenvalue weighted by atomic mass is 16.4. The summed E-state index contributed by atoms with van der Waals surface area (Å²) >= 11 is 0. The van der Waals surface area contributed by atoms with Crippen molar-refractivity contribution in [3.63, 3.8) is 0 Å². The van der Waals surface area contributed by atoms with Crippen LogP contribution >= 0.6 is 0 Å². The molecule has 0 aromatic heterocycles. The minimum absolute atomic E-state index is 0.162. The molecule has 2 unspecified atom stereocenters.